The second-order valence-corrected chi connectivity index (χ2v) is 10.4. The molecule has 36 heavy (non-hydrogen) atoms. The lowest BCUT2D eigenvalue weighted by Crippen LogP contribution is -2.20. The van der Waals surface area contributed by atoms with Crippen LogP contribution < -0.4 is 5.56 Å². The fraction of sp³-hybridized carbons (Fsp3) is 0.103. The first kappa shape index (κ1) is 24.2. The van der Waals surface area contributed by atoms with E-state index in [9.17, 15) is 4.79 Å². The third-order valence-corrected chi connectivity index (χ3v) is 7.51. The van der Waals surface area contributed by atoms with Gasteiger partial charge in [-0.2, -0.15) is 9.78 Å². The van der Waals surface area contributed by atoms with Crippen LogP contribution in [0.4, 0.5) is 0 Å². The average molecular weight is 556 g/mol. The predicted octanol–water partition coefficient (Wildman–Crippen LogP) is 7.01. The Morgan fingerprint density at radius 1 is 0.944 bits per heavy atom. The van der Waals surface area contributed by atoms with Crippen molar-refractivity contribution in [3.8, 4) is 11.4 Å². The van der Waals surface area contributed by atoms with Gasteiger partial charge in [0.2, 0.25) is 0 Å². The number of aromatic nitrogens is 3. The molecule has 0 bridgehead atoms. The molecule has 5 aromatic rings. The number of rotatable bonds is 6. The minimum Gasteiger partial charge on any atom is -0.267 e. The van der Waals surface area contributed by atoms with Crippen molar-refractivity contribution in [3.05, 3.63) is 122 Å². The van der Waals surface area contributed by atoms with Gasteiger partial charge in [-0.15, -0.1) is 11.8 Å². The highest BCUT2D eigenvalue weighted by molar-refractivity contribution is 9.10. The highest BCUT2D eigenvalue weighted by Gasteiger charge is 2.13. The number of pyridine rings is 1. The average Bonchev–Trinajstić information content (AvgIpc) is 2.90. The molecule has 0 radical (unpaired) electrons. The fourth-order valence-corrected chi connectivity index (χ4v) is 4.96. The number of aryl methyl sites for hydroxylation is 2. The van der Waals surface area contributed by atoms with E-state index in [1.165, 1.54) is 26.3 Å². The maximum Gasteiger partial charge on any atom is 0.282 e. The van der Waals surface area contributed by atoms with Crippen LogP contribution in [0.1, 0.15) is 22.3 Å². The molecule has 0 amide bonds. The van der Waals surface area contributed by atoms with Gasteiger partial charge in [0.1, 0.15) is 0 Å². The van der Waals surface area contributed by atoms with E-state index in [0.29, 0.717) is 16.7 Å². The van der Waals surface area contributed by atoms with E-state index in [2.05, 4.69) is 64.1 Å². The van der Waals surface area contributed by atoms with Crippen LogP contribution in [0.25, 0.3) is 22.3 Å². The van der Waals surface area contributed by atoms with Gasteiger partial charge in [0, 0.05) is 33.1 Å². The number of nitrogens with zero attached hydrogens (tertiary/aromatic N) is 4. The molecule has 0 unspecified atom stereocenters. The summed E-state index contributed by atoms with van der Waals surface area (Å²) in [6.45, 7) is 4.14. The summed E-state index contributed by atoms with van der Waals surface area (Å²) in [5, 5.41) is 5.10. The summed E-state index contributed by atoms with van der Waals surface area (Å²) in [7, 11) is 0. The number of thioether (sulfide) groups is 1. The second kappa shape index (κ2) is 10.6. The van der Waals surface area contributed by atoms with Crippen LogP contribution in [0, 0.1) is 13.8 Å². The van der Waals surface area contributed by atoms with Crippen LogP contribution in [-0.4, -0.2) is 20.9 Å². The maximum absolute atomic E-state index is 13.5. The zero-order valence-electron chi connectivity index (χ0n) is 19.9. The van der Waals surface area contributed by atoms with Crippen LogP contribution in [0.3, 0.4) is 0 Å². The van der Waals surface area contributed by atoms with Crippen molar-refractivity contribution in [2.45, 2.75) is 24.5 Å². The lowest BCUT2D eigenvalue weighted by atomic mass is 10.1. The first-order chi connectivity index (χ1) is 17.5. The van der Waals surface area contributed by atoms with Gasteiger partial charge in [0.25, 0.3) is 5.56 Å². The molecule has 7 heteroatoms. The largest absolute Gasteiger partial charge is 0.282 e. The van der Waals surface area contributed by atoms with E-state index in [0.717, 1.165) is 21.4 Å². The topological polar surface area (TPSA) is 60.1 Å². The zero-order chi connectivity index (χ0) is 25.1. The van der Waals surface area contributed by atoms with Crippen molar-refractivity contribution >= 4 is 44.8 Å². The van der Waals surface area contributed by atoms with E-state index in [1.54, 1.807) is 36.4 Å². The van der Waals surface area contributed by atoms with Gasteiger partial charge in [-0.3, -0.25) is 9.78 Å². The van der Waals surface area contributed by atoms with Crippen molar-refractivity contribution in [2.75, 3.05) is 0 Å². The molecule has 2 heterocycles. The molecule has 2 aromatic heterocycles. The van der Waals surface area contributed by atoms with Crippen LogP contribution in [0.2, 0.25) is 0 Å². The Bertz CT molecular complexity index is 1630. The van der Waals surface area contributed by atoms with E-state index in [4.69, 9.17) is 4.98 Å². The molecule has 178 valence electrons. The van der Waals surface area contributed by atoms with Gasteiger partial charge < -0.3 is 0 Å². The van der Waals surface area contributed by atoms with Crippen molar-refractivity contribution in [2.24, 2.45) is 5.10 Å². The van der Waals surface area contributed by atoms with E-state index >= 15 is 0 Å². The van der Waals surface area contributed by atoms with Gasteiger partial charge in [-0.25, -0.2) is 4.98 Å². The lowest BCUT2D eigenvalue weighted by molar-refractivity contribution is 0.829. The molecule has 0 aliphatic heterocycles. The zero-order valence-corrected chi connectivity index (χ0v) is 22.3. The molecule has 0 aliphatic rings. The normalized spacial score (nSPS) is 11.4. The molecule has 3 aromatic carbocycles. The fourth-order valence-electron chi connectivity index (χ4n) is 3.76. The maximum atomic E-state index is 13.5. The van der Waals surface area contributed by atoms with Gasteiger partial charge >= 0.3 is 0 Å². The Labute approximate surface area is 222 Å². The Kier molecular flexibility index (Phi) is 7.11. The number of halogens is 1. The number of benzene rings is 3. The highest BCUT2D eigenvalue weighted by atomic mass is 79.9. The van der Waals surface area contributed by atoms with Crippen LogP contribution >= 0.6 is 27.7 Å². The van der Waals surface area contributed by atoms with Crippen molar-refractivity contribution < 1.29 is 0 Å². The first-order valence-corrected chi connectivity index (χ1v) is 13.2. The molecule has 0 aliphatic carbocycles. The number of hydrogen-bond donors (Lipinski definition) is 0. The standard InChI is InChI=1S/C29H23BrN4OS/c1-19-3-4-22(15-20(19)2)17-32-34-28(33-27-10-9-24(30)16-26(27)29(34)35)23-7-5-21(6-8-23)18-36-25-11-13-31-14-12-25/h3-17H,18H2,1-2H3. The van der Waals surface area contributed by atoms with Gasteiger partial charge in [-0.1, -0.05) is 58.4 Å². The quantitative estimate of drug-likeness (QED) is 0.167. The number of fused-ring (bicyclic) bond motifs is 1. The Morgan fingerprint density at radius 2 is 1.72 bits per heavy atom. The Balaban J connectivity index is 1.53. The Morgan fingerprint density at radius 3 is 2.47 bits per heavy atom. The van der Waals surface area contributed by atoms with Crippen LogP contribution in [0.15, 0.2) is 104 Å². The van der Waals surface area contributed by atoms with Crippen LogP contribution in [-0.2, 0) is 5.75 Å². The monoisotopic (exact) mass is 554 g/mol. The molecule has 0 saturated carbocycles. The van der Waals surface area contributed by atoms with Gasteiger partial charge in [0.15, 0.2) is 5.82 Å². The van der Waals surface area contributed by atoms with Crippen molar-refractivity contribution in [1.82, 2.24) is 14.6 Å². The highest BCUT2D eigenvalue weighted by Crippen LogP contribution is 2.25. The predicted molar refractivity (Wildman–Crippen MR) is 152 cm³/mol. The smallest absolute Gasteiger partial charge is 0.267 e. The van der Waals surface area contributed by atoms with E-state index in [-0.39, 0.29) is 5.56 Å². The molecule has 0 saturated heterocycles. The molecule has 0 spiro atoms. The summed E-state index contributed by atoms with van der Waals surface area (Å²) in [4.78, 5) is 23.6. The third kappa shape index (κ3) is 5.32. The number of hydrogen-bond acceptors (Lipinski definition) is 5. The Hall–Kier alpha value is -3.55. The summed E-state index contributed by atoms with van der Waals surface area (Å²) >= 11 is 5.22. The molecule has 5 nitrogen and oxygen atoms in total. The lowest BCUT2D eigenvalue weighted by Gasteiger charge is -2.11. The van der Waals surface area contributed by atoms with Crippen molar-refractivity contribution in [3.63, 3.8) is 0 Å². The van der Waals surface area contributed by atoms with E-state index in [1.807, 2.05) is 42.5 Å². The summed E-state index contributed by atoms with van der Waals surface area (Å²) in [6.07, 6.45) is 5.31. The van der Waals surface area contributed by atoms with Crippen molar-refractivity contribution in [1.29, 1.82) is 0 Å². The molecule has 0 atom stereocenters. The minimum atomic E-state index is -0.214. The second-order valence-electron chi connectivity index (χ2n) is 8.47. The van der Waals surface area contributed by atoms with Gasteiger partial charge in [0.05, 0.1) is 17.1 Å². The minimum absolute atomic E-state index is 0.214. The SMILES string of the molecule is Cc1ccc(C=Nn2c(-c3ccc(CSc4ccncc4)cc3)nc3ccc(Br)cc3c2=O)cc1C. The van der Waals surface area contributed by atoms with E-state index < -0.39 is 0 Å². The van der Waals surface area contributed by atoms with Gasteiger partial charge in [-0.05, 0) is 66.4 Å². The summed E-state index contributed by atoms with van der Waals surface area (Å²) in [5.74, 6) is 1.34. The van der Waals surface area contributed by atoms with Crippen LogP contribution in [0.5, 0.6) is 0 Å². The molecular formula is C29H23BrN4OS. The molecule has 0 N–H and O–H groups in total. The summed E-state index contributed by atoms with van der Waals surface area (Å²) in [6, 6.07) is 23.8. The third-order valence-electron chi connectivity index (χ3n) is 5.93. The summed E-state index contributed by atoms with van der Waals surface area (Å²) in [5.41, 5.74) is 5.73. The summed E-state index contributed by atoms with van der Waals surface area (Å²) < 4.78 is 2.22. The molecular weight excluding hydrogens is 532 g/mol. The molecule has 5 rings (SSSR count). The molecule has 0 fully saturated rings. The first-order valence-electron chi connectivity index (χ1n) is 11.4.